The maximum absolute atomic E-state index is 12.5. The molecule has 8 nitrogen and oxygen atoms in total. The Labute approximate surface area is 160 Å². The van der Waals surface area contributed by atoms with E-state index in [1.54, 1.807) is 30.3 Å². The van der Waals surface area contributed by atoms with Gasteiger partial charge in [-0.05, 0) is 48.2 Å². The first-order valence-corrected chi connectivity index (χ1v) is 8.47. The van der Waals surface area contributed by atoms with Crippen molar-refractivity contribution in [2.24, 2.45) is 0 Å². The molecule has 0 unspecified atom stereocenters. The average molecular weight is 385 g/mol. The molecule has 0 bridgehead atoms. The number of aromatic carboxylic acids is 1. The van der Waals surface area contributed by atoms with Crippen LogP contribution in [0.2, 0.25) is 0 Å². The fraction of sp³-hybridized carbons (Fsp3) is 0.200. The zero-order valence-electron chi connectivity index (χ0n) is 14.8. The molecule has 2 rings (SSSR count). The number of carboxylic acids is 3. The van der Waals surface area contributed by atoms with E-state index in [0.717, 1.165) is 0 Å². The maximum atomic E-state index is 12.5. The second-order valence-corrected chi connectivity index (χ2v) is 6.06. The van der Waals surface area contributed by atoms with Gasteiger partial charge >= 0.3 is 17.9 Å². The molecule has 4 N–H and O–H groups in total. The first-order valence-electron chi connectivity index (χ1n) is 8.47. The highest BCUT2D eigenvalue weighted by Crippen LogP contribution is 2.27. The molecule has 1 amide bonds. The van der Waals surface area contributed by atoms with Crippen molar-refractivity contribution in [1.82, 2.24) is 0 Å². The lowest BCUT2D eigenvalue weighted by atomic mass is 9.92. The molecule has 0 heterocycles. The molecular formula is C20H19NO7. The first-order chi connectivity index (χ1) is 13.3. The predicted octanol–water partition coefficient (Wildman–Crippen LogP) is 2.67. The van der Waals surface area contributed by atoms with E-state index >= 15 is 0 Å². The van der Waals surface area contributed by atoms with Gasteiger partial charge in [-0.1, -0.05) is 18.2 Å². The largest absolute Gasteiger partial charge is 0.481 e. The molecule has 0 radical (unpaired) electrons. The summed E-state index contributed by atoms with van der Waals surface area (Å²) in [6, 6.07) is 11.0. The Morgan fingerprint density at radius 1 is 0.821 bits per heavy atom. The number of carboxylic acid groups (broad SMARTS) is 3. The highest BCUT2D eigenvalue weighted by atomic mass is 16.4. The van der Waals surface area contributed by atoms with Crippen molar-refractivity contribution in [2.45, 2.75) is 25.7 Å². The van der Waals surface area contributed by atoms with Crippen LogP contribution in [0.5, 0.6) is 0 Å². The van der Waals surface area contributed by atoms with Crippen LogP contribution >= 0.6 is 0 Å². The second-order valence-electron chi connectivity index (χ2n) is 6.06. The van der Waals surface area contributed by atoms with E-state index in [-0.39, 0.29) is 36.1 Å². The van der Waals surface area contributed by atoms with Crippen molar-refractivity contribution in [2.75, 3.05) is 5.32 Å². The van der Waals surface area contributed by atoms with Gasteiger partial charge in [0.05, 0.1) is 12.0 Å². The van der Waals surface area contributed by atoms with E-state index in [9.17, 15) is 29.4 Å². The minimum absolute atomic E-state index is 0.0521. The second kappa shape index (κ2) is 9.31. The molecule has 28 heavy (non-hydrogen) atoms. The lowest BCUT2D eigenvalue weighted by Gasteiger charge is -2.17. The minimum Gasteiger partial charge on any atom is -0.481 e. The zero-order valence-corrected chi connectivity index (χ0v) is 14.8. The monoisotopic (exact) mass is 385 g/mol. The van der Waals surface area contributed by atoms with Gasteiger partial charge in [0.1, 0.15) is 0 Å². The molecule has 0 spiro atoms. The van der Waals surface area contributed by atoms with E-state index in [0.29, 0.717) is 11.1 Å². The number of hydrogen-bond acceptors (Lipinski definition) is 4. The molecule has 146 valence electrons. The molecule has 0 saturated heterocycles. The predicted molar refractivity (Wildman–Crippen MR) is 99.7 cm³/mol. The van der Waals surface area contributed by atoms with Gasteiger partial charge in [-0.15, -0.1) is 0 Å². The Morgan fingerprint density at radius 2 is 1.50 bits per heavy atom. The van der Waals surface area contributed by atoms with E-state index < -0.39 is 30.2 Å². The van der Waals surface area contributed by atoms with Crippen LogP contribution in [0.25, 0.3) is 0 Å². The summed E-state index contributed by atoms with van der Waals surface area (Å²) >= 11 is 0. The summed E-state index contributed by atoms with van der Waals surface area (Å²) in [4.78, 5) is 46.1. The van der Waals surface area contributed by atoms with Crippen molar-refractivity contribution in [3.63, 3.8) is 0 Å². The zero-order chi connectivity index (χ0) is 20.7. The molecule has 2 aromatic carbocycles. The molecule has 0 aliphatic heterocycles. The SMILES string of the molecule is O=C(O)CCCc1c(NC(=O)c2ccccc2)ccc(C(=O)O)c1CC(=O)O. The van der Waals surface area contributed by atoms with Crippen LogP contribution in [-0.2, 0) is 22.4 Å². The van der Waals surface area contributed by atoms with Crippen LogP contribution in [0, 0.1) is 0 Å². The summed E-state index contributed by atoms with van der Waals surface area (Å²) in [6.07, 6.45) is -0.450. The molecule has 0 aliphatic carbocycles. The van der Waals surface area contributed by atoms with Gasteiger partial charge in [-0.2, -0.15) is 0 Å². The average Bonchev–Trinajstić information content (AvgIpc) is 2.63. The Bertz CT molecular complexity index is 906. The van der Waals surface area contributed by atoms with E-state index in [2.05, 4.69) is 5.32 Å². The van der Waals surface area contributed by atoms with E-state index in [4.69, 9.17) is 5.11 Å². The fourth-order valence-electron chi connectivity index (χ4n) is 2.85. The summed E-state index contributed by atoms with van der Waals surface area (Å²) in [5.74, 6) is -3.99. The van der Waals surface area contributed by atoms with E-state index in [1.165, 1.54) is 12.1 Å². The van der Waals surface area contributed by atoms with Gasteiger partial charge in [-0.25, -0.2) is 4.79 Å². The summed E-state index contributed by atoms with van der Waals surface area (Å²) < 4.78 is 0. The Hall–Kier alpha value is -3.68. The summed E-state index contributed by atoms with van der Waals surface area (Å²) in [5.41, 5.74) is 0.816. The van der Waals surface area contributed by atoms with Crippen molar-refractivity contribution in [1.29, 1.82) is 0 Å². The normalized spacial score (nSPS) is 10.3. The lowest BCUT2D eigenvalue weighted by Crippen LogP contribution is -2.17. The van der Waals surface area contributed by atoms with Gasteiger partial charge in [-0.3, -0.25) is 14.4 Å². The van der Waals surface area contributed by atoms with Crippen molar-refractivity contribution in [3.8, 4) is 0 Å². The number of anilines is 1. The Balaban J connectivity index is 2.46. The topological polar surface area (TPSA) is 141 Å². The third kappa shape index (κ3) is 5.41. The smallest absolute Gasteiger partial charge is 0.335 e. The van der Waals surface area contributed by atoms with Gasteiger partial charge < -0.3 is 20.6 Å². The number of hydrogen-bond donors (Lipinski definition) is 4. The molecule has 0 atom stereocenters. The Morgan fingerprint density at radius 3 is 2.07 bits per heavy atom. The fourth-order valence-corrected chi connectivity index (χ4v) is 2.85. The Kier molecular flexibility index (Phi) is 6.86. The van der Waals surface area contributed by atoms with Crippen LogP contribution in [0.3, 0.4) is 0 Å². The van der Waals surface area contributed by atoms with Gasteiger partial charge in [0, 0.05) is 17.7 Å². The number of nitrogens with one attached hydrogen (secondary N) is 1. The van der Waals surface area contributed by atoms with Gasteiger partial charge in [0.2, 0.25) is 0 Å². The molecular weight excluding hydrogens is 366 g/mol. The van der Waals surface area contributed by atoms with Crippen LogP contribution in [-0.4, -0.2) is 39.1 Å². The number of carbonyl (C=O) groups is 4. The number of carbonyl (C=O) groups excluding carboxylic acids is 1. The minimum atomic E-state index is -1.29. The van der Waals surface area contributed by atoms with Gasteiger partial charge in [0.25, 0.3) is 5.91 Å². The third-order valence-electron chi connectivity index (χ3n) is 4.09. The number of aliphatic carboxylic acids is 2. The van der Waals surface area contributed by atoms with Crippen LogP contribution in [0.4, 0.5) is 5.69 Å². The highest BCUT2D eigenvalue weighted by molar-refractivity contribution is 6.05. The van der Waals surface area contributed by atoms with Crippen LogP contribution in [0.1, 0.15) is 44.7 Å². The van der Waals surface area contributed by atoms with Crippen molar-refractivity contribution >= 4 is 29.5 Å². The van der Waals surface area contributed by atoms with Crippen LogP contribution in [0.15, 0.2) is 42.5 Å². The summed E-state index contributed by atoms with van der Waals surface area (Å²) in [6.45, 7) is 0. The lowest BCUT2D eigenvalue weighted by molar-refractivity contribution is -0.137. The molecule has 2 aromatic rings. The first kappa shape index (κ1) is 20.6. The summed E-state index contributed by atoms with van der Waals surface area (Å²) in [7, 11) is 0. The number of rotatable bonds is 9. The standard InChI is InChI=1S/C20H19NO7/c22-17(23)8-4-7-13-15(11-18(24)25)14(20(27)28)9-10-16(13)21-19(26)12-5-2-1-3-6-12/h1-3,5-6,9-10H,4,7-8,11H2,(H,21,26)(H,22,23)(H,24,25)(H,27,28). The van der Waals surface area contributed by atoms with Crippen molar-refractivity contribution < 1.29 is 34.5 Å². The molecule has 0 aliphatic rings. The summed E-state index contributed by atoms with van der Waals surface area (Å²) in [5, 5.41) is 30.1. The number of amides is 1. The highest BCUT2D eigenvalue weighted by Gasteiger charge is 2.21. The molecule has 8 heteroatoms. The quantitative estimate of drug-likeness (QED) is 0.520. The van der Waals surface area contributed by atoms with Crippen molar-refractivity contribution in [3.05, 3.63) is 64.7 Å². The molecule has 0 saturated carbocycles. The third-order valence-corrected chi connectivity index (χ3v) is 4.09. The number of benzene rings is 2. The van der Waals surface area contributed by atoms with E-state index in [1.807, 2.05) is 0 Å². The van der Waals surface area contributed by atoms with Gasteiger partial charge in [0.15, 0.2) is 0 Å². The molecule has 0 aromatic heterocycles. The maximum Gasteiger partial charge on any atom is 0.335 e. The van der Waals surface area contributed by atoms with Crippen LogP contribution < -0.4 is 5.32 Å². The molecule has 0 fully saturated rings.